The van der Waals surface area contributed by atoms with E-state index in [1.807, 2.05) is 25.1 Å². The van der Waals surface area contributed by atoms with Crippen LogP contribution in [0.2, 0.25) is 5.02 Å². The molecule has 0 heterocycles. The van der Waals surface area contributed by atoms with Crippen molar-refractivity contribution in [3.63, 3.8) is 0 Å². The SMILES string of the molecule is Cc1ccc(CC(CO)(CO)CC(C)C)c(Cl)c1. The molecule has 0 amide bonds. The van der Waals surface area contributed by atoms with Crippen molar-refractivity contribution in [3.05, 3.63) is 34.3 Å². The molecule has 0 spiro atoms. The van der Waals surface area contributed by atoms with Gasteiger partial charge in [-0.2, -0.15) is 0 Å². The third-order valence-corrected chi connectivity index (χ3v) is 3.64. The summed E-state index contributed by atoms with van der Waals surface area (Å²) in [4.78, 5) is 0. The van der Waals surface area contributed by atoms with Crippen molar-refractivity contribution in [1.82, 2.24) is 0 Å². The van der Waals surface area contributed by atoms with E-state index in [2.05, 4.69) is 13.8 Å². The first kappa shape index (κ1) is 15.5. The van der Waals surface area contributed by atoms with Crippen LogP contribution in [0, 0.1) is 18.3 Å². The predicted molar refractivity (Wildman–Crippen MR) is 76.0 cm³/mol. The van der Waals surface area contributed by atoms with Crippen molar-refractivity contribution in [3.8, 4) is 0 Å². The van der Waals surface area contributed by atoms with Crippen molar-refractivity contribution in [2.24, 2.45) is 11.3 Å². The fraction of sp³-hybridized carbons (Fsp3) is 0.600. The monoisotopic (exact) mass is 270 g/mol. The molecule has 1 rings (SSSR count). The van der Waals surface area contributed by atoms with Gasteiger partial charge in [0.25, 0.3) is 0 Å². The van der Waals surface area contributed by atoms with Gasteiger partial charge in [-0.25, -0.2) is 0 Å². The molecule has 0 aliphatic heterocycles. The first-order valence-electron chi connectivity index (χ1n) is 6.39. The van der Waals surface area contributed by atoms with Gasteiger partial charge >= 0.3 is 0 Å². The second-order valence-electron chi connectivity index (χ2n) is 5.69. The number of halogens is 1. The maximum absolute atomic E-state index is 9.63. The van der Waals surface area contributed by atoms with Crippen LogP contribution in [0.5, 0.6) is 0 Å². The van der Waals surface area contributed by atoms with Gasteiger partial charge < -0.3 is 10.2 Å². The Kier molecular flexibility index (Phi) is 5.64. The lowest BCUT2D eigenvalue weighted by Crippen LogP contribution is -2.34. The maximum Gasteiger partial charge on any atom is 0.0512 e. The van der Waals surface area contributed by atoms with Crippen LogP contribution in [0.4, 0.5) is 0 Å². The molecule has 3 heteroatoms. The molecule has 2 nitrogen and oxygen atoms in total. The summed E-state index contributed by atoms with van der Waals surface area (Å²) in [6.07, 6.45) is 1.39. The summed E-state index contributed by atoms with van der Waals surface area (Å²) in [5, 5.41) is 20.0. The summed E-state index contributed by atoms with van der Waals surface area (Å²) in [6, 6.07) is 5.92. The van der Waals surface area contributed by atoms with Gasteiger partial charge in [-0.3, -0.25) is 0 Å². The molecule has 0 unspecified atom stereocenters. The molecule has 1 aromatic carbocycles. The minimum atomic E-state index is -0.479. The molecule has 18 heavy (non-hydrogen) atoms. The molecule has 0 aliphatic carbocycles. The predicted octanol–water partition coefficient (Wildman–Crippen LogP) is 3.21. The van der Waals surface area contributed by atoms with Crippen LogP contribution in [0.15, 0.2) is 18.2 Å². The molecule has 0 fully saturated rings. The third-order valence-electron chi connectivity index (χ3n) is 3.29. The quantitative estimate of drug-likeness (QED) is 0.833. The summed E-state index contributed by atoms with van der Waals surface area (Å²) >= 11 is 6.22. The summed E-state index contributed by atoms with van der Waals surface area (Å²) < 4.78 is 0. The summed E-state index contributed by atoms with van der Waals surface area (Å²) in [5.74, 6) is 0.425. The van der Waals surface area contributed by atoms with E-state index in [0.717, 1.165) is 17.5 Å². The number of aliphatic hydroxyl groups excluding tert-OH is 2. The second kappa shape index (κ2) is 6.55. The first-order chi connectivity index (χ1) is 8.42. The number of benzene rings is 1. The zero-order chi connectivity index (χ0) is 13.8. The molecule has 0 radical (unpaired) electrons. The van der Waals surface area contributed by atoms with Gasteiger partial charge in [0.2, 0.25) is 0 Å². The van der Waals surface area contributed by atoms with Crippen molar-refractivity contribution in [2.45, 2.75) is 33.6 Å². The highest BCUT2D eigenvalue weighted by Crippen LogP contribution is 2.32. The standard InChI is InChI=1S/C15H23ClO2/c1-11(2)7-15(9-17,10-18)8-13-5-4-12(3)6-14(13)16/h4-6,11,17-18H,7-10H2,1-3H3. The molecule has 102 valence electrons. The lowest BCUT2D eigenvalue weighted by atomic mass is 9.76. The molecule has 0 atom stereocenters. The Morgan fingerprint density at radius 1 is 1.22 bits per heavy atom. The van der Waals surface area contributed by atoms with Gasteiger partial charge in [0, 0.05) is 10.4 Å². The molecule has 2 N–H and O–H groups in total. The highest BCUT2D eigenvalue weighted by atomic mass is 35.5. The Bertz CT molecular complexity index is 384. The number of hydrogen-bond acceptors (Lipinski definition) is 2. The molecule has 0 saturated carbocycles. The van der Waals surface area contributed by atoms with E-state index >= 15 is 0 Å². The Balaban J connectivity index is 2.95. The van der Waals surface area contributed by atoms with E-state index in [-0.39, 0.29) is 13.2 Å². The van der Waals surface area contributed by atoms with Crippen LogP contribution < -0.4 is 0 Å². The highest BCUT2D eigenvalue weighted by molar-refractivity contribution is 6.31. The summed E-state index contributed by atoms with van der Waals surface area (Å²) in [5.41, 5.74) is 1.63. The lowest BCUT2D eigenvalue weighted by molar-refractivity contribution is 0.0370. The van der Waals surface area contributed by atoms with Crippen molar-refractivity contribution < 1.29 is 10.2 Å². The zero-order valence-electron chi connectivity index (χ0n) is 11.4. The number of rotatable bonds is 6. The number of hydrogen-bond donors (Lipinski definition) is 2. The van der Waals surface area contributed by atoms with Crippen LogP contribution in [-0.4, -0.2) is 23.4 Å². The van der Waals surface area contributed by atoms with E-state index in [1.54, 1.807) is 0 Å². The average Bonchev–Trinajstić information content (AvgIpc) is 2.31. The summed E-state index contributed by atoms with van der Waals surface area (Å²) in [6.45, 7) is 6.14. The van der Waals surface area contributed by atoms with Gasteiger partial charge in [-0.1, -0.05) is 37.6 Å². The fourth-order valence-corrected chi connectivity index (χ4v) is 2.73. The van der Waals surface area contributed by atoms with Crippen LogP contribution in [0.1, 0.15) is 31.4 Å². The average molecular weight is 271 g/mol. The van der Waals surface area contributed by atoms with E-state index in [0.29, 0.717) is 17.4 Å². The van der Waals surface area contributed by atoms with Crippen LogP contribution in [0.25, 0.3) is 0 Å². The van der Waals surface area contributed by atoms with Gasteiger partial charge in [-0.05, 0) is 42.9 Å². The topological polar surface area (TPSA) is 40.5 Å². The van der Waals surface area contributed by atoms with Crippen molar-refractivity contribution in [1.29, 1.82) is 0 Å². The molecular weight excluding hydrogens is 248 g/mol. The van der Waals surface area contributed by atoms with Crippen molar-refractivity contribution in [2.75, 3.05) is 13.2 Å². The molecular formula is C15H23ClO2. The number of aliphatic hydroxyl groups is 2. The smallest absolute Gasteiger partial charge is 0.0512 e. The maximum atomic E-state index is 9.63. The van der Waals surface area contributed by atoms with Gasteiger partial charge in [0.15, 0.2) is 0 Å². The normalized spacial score (nSPS) is 12.2. The minimum absolute atomic E-state index is 0.0219. The Labute approximate surface area is 115 Å². The Morgan fingerprint density at radius 3 is 2.28 bits per heavy atom. The van der Waals surface area contributed by atoms with Crippen LogP contribution in [0.3, 0.4) is 0 Å². The first-order valence-corrected chi connectivity index (χ1v) is 6.77. The van der Waals surface area contributed by atoms with E-state index in [1.165, 1.54) is 0 Å². The van der Waals surface area contributed by atoms with Gasteiger partial charge in [0.05, 0.1) is 13.2 Å². The molecule has 1 aromatic rings. The number of aryl methyl sites for hydroxylation is 1. The van der Waals surface area contributed by atoms with Crippen LogP contribution in [-0.2, 0) is 6.42 Å². The highest BCUT2D eigenvalue weighted by Gasteiger charge is 2.30. The lowest BCUT2D eigenvalue weighted by Gasteiger charge is -2.32. The van der Waals surface area contributed by atoms with E-state index in [4.69, 9.17) is 11.6 Å². The van der Waals surface area contributed by atoms with E-state index < -0.39 is 5.41 Å². The minimum Gasteiger partial charge on any atom is -0.396 e. The van der Waals surface area contributed by atoms with E-state index in [9.17, 15) is 10.2 Å². The third kappa shape index (κ3) is 3.98. The fourth-order valence-electron chi connectivity index (χ4n) is 2.43. The zero-order valence-corrected chi connectivity index (χ0v) is 12.2. The largest absolute Gasteiger partial charge is 0.396 e. The van der Waals surface area contributed by atoms with Gasteiger partial charge in [0.1, 0.15) is 0 Å². The Hall–Kier alpha value is -0.570. The molecule has 0 saturated heterocycles. The molecule has 0 aromatic heterocycles. The Morgan fingerprint density at radius 2 is 1.83 bits per heavy atom. The van der Waals surface area contributed by atoms with Gasteiger partial charge in [-0.15, -0.1) is 0 Å². The second-order valence-corrected chi connectivity index (χ2v) is 6.09. The molecule has 0 bridgehead atoms. The van der Waals surface area contributed by atoms with Crippen LogP contribution >= 0.6 is 11.6 Å². The van der Waals surface area contributed by atoms with Crippen molar-refractivity contribution >= 4 is 11.6 Å². The summed E-state index contributed by atoms with van der Waals surface area (Å²) in [7, 11) is 0. The molecule has 0 aliphatic rings.